The molecular weight excluding hydrogens is 248 g/mol. The molecule has 2 rings (SSSR count). The first-order valence-electron chi connectivity index (χ1n) is 6.16. The lowest BCUT2D eigenvalue weighted by Crippen LogP contribution is -2.32. The van der Waals surface area contributed by atoms with E-state index in [1.165, 1.54) is 18.9 Å². The number of hydrogen-bond acceptors (Lipinski definition) is 3. The van der Waals surface area contributed by atoms with Crippen molar-refractivity contribution in [3.05, 3.63) is 29.8 Å². The summed E-state index contributed by atoms with van der Waals surface area (Å²) in [6, 6.07) is 7.22. The van der Waals surface area contributed by atoms with Gasteiger partial charge >= 0.3 is 0 Å². The predicted molar refractivity (Wildman–Crippen MR) is 71.5 cm³/mol. The summed E-state index contributed by atoms with van der Waals surface area (Å²) in [4.78, 5) is 0.173. The van der Waals surface area contributed by atoms with Crippen molar-refractivity contribution < 1.29 is 8.42 Å². The molecule has 1 fully saturated rings. The molecule has 0 spiro atoms. The molecule has 0 aromatic heterocycles. The molecule has 1 aromatic carbocycles. The Morgan fingerprint density at radius 3 is 2.67 bits per heavy atom. The fourth-order valence-corrected chi connectivity index (χ4v) is 2.56. The molecule has 1 aromatic rings. The van der Waals surface area contributed by atoms with Crippen LogP contribution in [0.25, 0.3) is 0 Å². The van der Waals surface area contributed by atoms with Crippen molar-refractivity contribution in [2.24, 2.45) is 10.6 Å². The highest BCUT2D eigenvalue weighted by Crippen LogP contribution is 2.47. The molecule has 0 radical (unpaired) electrons. The topological polar surface area (TPSA) is 72.2 Å². The molecule has 4 nitrogen and oxygen atoms in total. The van der Waals surface area contributed by atoms with Crippen LogP contribution in [0.15, 0.2) is 29.2 Å². The number of sulfonamides is 1. The van der Waals surface area contributed by atoms with Gasteiger partial charge < -0.3 is 5.32 Å². The second-order valence-corrected chi connectivity index (χ2v) is 7.01. The number of benzene rings is 1. The fourth-order valence-electron chi connectivity index (χ4n) is 1.98. The average Bonchev–Trinajstić information content (AvgIpc) is 3.05. The SMILES string of the molecule is CC(NCc1cccc(S(N)(=O)=O)c1)C1(C)CC1. The highest BCUT2D eigenvalue weighted by Gasteiger charge is 2.42. The first-order valence-corrected chi connectivity index (χ1v) is 7.71. The Morgan fingerprint density at radius 2 is 2.11 bits per heavy atom. The van der Waals surface area contributed by atoms with Gasteiger partial charge in [0.05, 0.1) is 4.90 Å². The lowest BCUT2D eigenvalue weighted by Gasteiger charge is -2.20. The summed E-state index contributed by atoms with van der Waals surface area (Å²) < 4.78 is 22.5. The molecule has 18 heavy (non-hydrogen) atoms. The quantitative estimate of drug-likeness (QED) is 0.852. The summed E-state index contributed by atoms with van der Waals surface area (Å²) in [6.07, 6.45) is 2.52. The van der Waals surface area contributed by atoms with Crippen molar-refractivity contribution >= 4 is 10.0 Å². The average molecular weight is 268 g/mol. The molecule has 0 amide bonds. The molecule has 1 saturated carbocycles. The highest BCUT2D eigenvalue weighted by atomic mass is 32.2. The fraction of sp³-hybridized carbons (Fsp3) is 0.538. The van der Waals surface area contributed by atoms with E-state index in [0.717, 1.165) is 5.56 Å². The normalized spacial score (nSPS) is 19.5. The summed E-state index contributed by atoms with van der Waals surface area (Å²) in [5, 5.41) is 8.56. The number of primary sulfonamides is 1. The standard InChI is InChI=1S/C13H20N2O2S/c1-10(13(2)6-7-13)15-9-11-4-3-5-12(8-11)18(14,16)17/h3-5,8,10,15H,6-7,9H2,1-2H3,(H2,14,16,17). The third-order valence-corrected chi connectivity index (χ3v) is 4.83. The Morgan fingerprint density at radius 1 is 1.44 bits per heavy atom. The van der Waals surface area contributed by atoms with E-state index in [9.17, 15) is 8.42 Å². The number of hydrogen-bond donors (Lipinski definition) is 2. The monoisotopic (exact) mass is 268 g/mol. The maximum absolute atomic E-state index is 11.2. The van der Waals surface area contributed by atoms with Crippen LogP contribution in [-0.4, -0.2) is 14.5 Å². The smallest absolute Gasteiger partial charge is 0.238 e. The largest absolute Gasteiger partial charge is 0.310 e. The van der Waals surface area contributed by atoms with E-state index in [0.29, 0.717) is 18.0 Å². The van der Waals surface area contributed by atoms with Gasteiger partial charge in [-0.15, -0.1) is 0 Å². The Bertz CT molecular complexity index is 536. The van der Waals surface area contributed by atoms with Crippen LogP contribution in [0.1, 0.15) is 32.3 Å². The lowest BCUT2D eigenvalue weighted by atomic mass is 10.0. The van der Waals surface area contributed by atoms with Gasteiger partial charge in [0.1, 0.15) is 0 Å². The van der Waals surface area contributed by atoms with Crippen LogP contribution in [0.5, 0.6) is 0 Å². The van der Waals surface area contributed by atoms with E-state index < -0.39 is 10.0 Å². The van der Waals surface area contributed by atoms with Crippen molar-refractivity contribution in [1.29, 1.82) is 0 Å². The van der Waals surface area contributed by atoms with Crippen LogP contribution in [0, 0.1) is 5.41 Å². The van der Waals surface area contributed by atoms with Crippen LogP contribution < -0.4 is 10.5 Å². The second-order valence-electron chi connectivity index (χ2n) is 5.45. The molecule has 1 unspecified atom stereocenters. The summed E-state index contributed by atoms with van der Waals surface area (Å²) in [5.41, 5.74) is 1.36. The second kappa shape index (κ2) is 4.64. The van der Waals surface area contributed by atoms with Crippen molar-refractivity contribution in [3.8, 4) is 0 Å². The van der Waals surface area contributed by atoms with Gasteiger partial charge in [0.25, 0.3) is 0 Å². The summed E-state index contributed by atoms with van der Waals surface area (Å²) in [6.45, 7) is 5.11. The first-order chi connectivity index (χ1) is 8.31. The van der Waals surface area contributed by atoms with Gasteiger partial charge in [0.15, 0.2) is 0 Å². The highest BCUT2D eigenvalue weighted by molar-refractivity contribution is 7.89. The lowest BCUT2D eigenvalue weighted by molar-refractivity contribution is 0.380. The van der Waals surface area contributed by atoms with Gasteiger partial charge in [0, 0.05) is 12.6 Å². The third kappa shape index (κ3) is 3.10. The zero-order valence-electron chi connectivity index (χ0n) is 10.8. The Balaban J connectivity index is 2.02. The van der Waals surface area contributed by atoms with Crippen LogP contribution in [0.3, 0.4) is 0 Å². The predicted octanol–water partition coefficient (Wildman–Crippen LogP) is 1.61. The van der Waals surface area contributed by atoms with Gasteiger partial charge in [-0.05, 0) is 42.9 Å². The Kier molecular flexibility index (Phi) is 3.49. The van der Waals surface area contributed by atoms with E-state index in [4.69, 9.17) is 5.14 Å². The zero-order valence-corrected chi connectivity index (χ0v) is 11.6. The number of rotatable bonds is 5. The summed E-state index contributed by atoms with van der Waals surface area (Å²) in [5.74, 6) is 0. The minimum absolute atomic E-state index is 0.173. The van der Waals surface area contributed by atoms with Crippen LogP contribution in [-0.2, 0) is 16.6 Å². The molecule has 1 atom stereocenters. The van der Waals surface area contributed by atoms with Gasteiger partial charge in [-0.25, -0.2) is 13.6 Å². The van der Waals surface area contributed by atoms with Gasteiger partial charge in [-0.2, -0.15) is 0 Å². The Hall–Kier alpha value is -0.910. The molecule has 5 heteroatoms. The summed E-state index contributed by atoms with van der Waals surface area (Å²) >= 11 is 0. The molecule has 3 N–H and O–H groups in total. The number of nitrogens with two attached hydrogens (primary N) is 1. The minimum Gasteiger partial charge on any atom is -0.310 e. The maximum atomic E-state index is 11.2. The zero-order chi connectivity index (χ0) is 13.4. The van der Waals surface area contributed by atoms with Gasteiger partial charge in [0.2, 0.25) is 10.0 Å². The third-order valence-electron chi connectivity index (χ3n) is 3.92. The molecule has 100 valence electrons. The maximum Gasteiger partial charge on any atom is 0.238 e. The molecule has 0 aliphatic heterocycles. The minimum atomic E-state index is -3.61. The number of nitrogens with one attached hydrogen (secondary N) is 1. The molecule has 1 aliphatic rings. The van der Waals surface area contributed by atoms with E-state index in [2.05, 4.69) is 19.2 Å². The molecule has 1 aliphatic carbocycles. The summed E-state index contributed by atoms with van der Waals surface area (Å²) in [7, 11) is -3.61. The van der Waals surface area contributed by atoms with Gasteiger partial charge in [-0.1, -0.05) is 19.1 Å². The molecular formula is C13H20N2O2S. The first kappa shape index (κ1) is 13.5. The van der Waals surface area contributed by atoms with E-state index in [1.54, 1.807) is 12.1 Å². The molecule has 0 bridgehead atoms. The van der Waals surface area contributed by atoms with Crippen LogP contribution >= 0.6 is 0 Å². The van der Waals surface area contributed by atoms with E-state index in [-0.39, 0.29) is 4.90 Å². The Labute approximate surface area is 109 Å². The molecule has 0 heterocycles. The van der Waals surface area contributed by atoms with E-state index >= 15 is 0 Å². The van der Waals surface area contributed by atoms with E-state index in [1.807, 2.05) is 6.07 Å². The van der Waals surface area contributed by atoms with Crippen molar-refractivity contribution in [2.75, 3.05) is 0 Å². The van der Waals surface area contributed by atoms with Crippen molar-refractivity contribution in [2.45, 2.75) is 44.2 Å². The van der Waals surface area contributed by atoms with Crippen LogP contribution in [0.2, 0.25) is 0 Å². The van der Waals surface area contributed by atoms with Crippen molar-refractivity contribution in [3.63, 3.8) is 0 Å². The van der Waals surface area contributed by atoms with Crippen LogP contribution in [0.4, 0.5) is 0 Å². The van der Waals surface area contributed by atoms with Crippen molar-refractivity contribution in [1.82, 2.24) is 5.32 Å². The molecule has 0 saturated heterocycles. The van der Waals surface area contributed by atoms with Gasteiger partial charge in [-0.3, -0.25) is 0 Å².